The van der Waals surface area contributed by atoms with E-state index in [9.17, 15) is 9.59 Å². The lowest BCUT2D eigenvalue weighted by molar-refractivity contribution is -0.155. The summed E-state index contributed by atoms with van der Waals surface area (Å²) in [6.45, 7) is 8.74. The highest BCUT2D eigenvalue weighted by atomic mass is 16.6. The van der Waals surface area contributed by atoms with Gasteiger partial charge in [-0.1, -0.05) is 39.0 Å². The smallest absolute Gasteiger partial charge is 0.306 e. The lowest BCUT2D eigenvalue weighted by Gasteiger charge is -2.19. The van der Waals surface area contributed by atoms with Gasteiger partial charge in [0, 0.05) is 12.0 Å². The Morgan fingerprint density at radius 3 is 2.25 bits per heavy atom. The van der Waals surface area contributed by atoms with Crippen LogP contribution in [0.2, 0.25) is 0 Å². The first-order chi connectivity index (χ1) is 13.4. The number of carbonyl (C=O) groups is 2. The quantitative estimate of drug-likeness (QED) is 0.229. The first kappa shape index (κ1) is 24.0. The number of ether oxygens (including phenoxy) is 3. The maximum atomic E-state index is 11.7. The van der Waals surface area contributed by atoms with Crippen molar-refractivity contribution in [2.45, 2.75) is 84.7 Å². The van der Waals surface area contributed by atoms with Gasteiger partial charge in [0.1, 0.15) is 11.9 Å². The van der Waals surface area contributed by atoms with Gasteiger partial charge in [0.25, 0.3) is 0 Å². The molecule has 28 heavy (non-hydrogen) atoms. The number of carbonyl (C=O) groups excluding carboxylic acids is 2. The molecule has 0 atom stereocenters. The van der Waals surface area contributed by atoms with E-state index in [0.717, 1.165) is 19.1 Å². The Morgan fingerprint density at radius 2 is 1.57 bits per heavy atom. The fraction of sp³-hybridized carbons (Fsp3) is 0.652. The topological polar surface area (TPSA) is 61.8 Å². The molecule has 0 radical (unpaired) electrons. The Bertz CT molecular complexity index is 589. The van der Waals surface area contributed by atoms with Crippen LogP contribution < -0.4 is 9.47 Å². The molecule has 0 saturated heterocycles. The highest BCUT2D eigenvalue weighted by Crippen LogP contribution is 2.28. The zero-order valence-electron chi connectivity index (χ0n) is 17.9. The molecule has 0 spiro atoms. The van der Waals surface area contributed by atoms with Crippen LogP contribution in [0.5, 0.6) is 11.5 Å². The highest BCUT2D eigenvalue weighted by Gasteiger charge is 2.16. The molecular formula is C23H36O5. The molecule has 158 valence electrons. The monoisotopic (exact) mass is 392 g/mol. The van der Waals surface area contributed by atoms with Crippen LogP contribution in [-0.2, 0) is 9.53 Å². The van der Waals surface area contributed by atoms with Crippen molar-refractivity contribution < 1.29 is 23.8 Å². The van der Waals surface area contributed by atoms with Gasteiger partial charge >= 0.3 is 5.97 Å². The molecule has 1 aromatic carbocycles. The third kappa shape index (κ3) is 11.0. The normalized spacial score (nSPS) is 11.1. The lowest BCUT2D eigenvalue weighted by Crippen LogP contribution is -2.24. The van der Waals surface area contributed by atoms with Crippen LogP contribution in [0.25, 0.3) is 0 Å². The van der Waals surface area contributed by atoms with Crippen LogP contribution in [-0.4, -0.2) is 31.1 Å². The van der Waals surface area contributed by atoms with Crippen molar-refractivity contribution >= 4 is 12.3 Å². The number of hydrogen-bond donors (Lipinski definition) is 0. The summed E-state index contributed by atoms with van der Waals surface area (Å²) in [4.78, 5) is 22.8. The average Bonchev–Trinajstić information content (AvgIpc) is 2.63. The first-order valence-corrected chi connectivity index (χ1v) is 10.4. The first-order valence-electron chi connectivity index (χ1n) is 10.4. The second-order valence-corrected chi connectivity index (χ2v) is 7.98. The number of benzene rings is 1. The highest BCUT2D eigenvalue weighted by molar-refractivity contribution is 5.76. The Balaban J connectivity index is 2.43. The fourth-order valence-corrected chi connectivity index (χ4v) is 2.69. The molecule has 0 aliphatic rings. The van der Waals surface area contributed by atoms with Crippen LogP contribution in [0, 0.1) is 0 Å². The van der Waals surface area contributed by atoms with Crippen molar-refractivity contribution in [3.05, 3.63) is 23.8 Å². The molecule has 0 unspecified atom stereocenters. The van der Waals surface area contributed by atoms with E-state index in [4.69, 9.17) is 14.2 Å². The van der Waals surface area contributed by atoms with Crippen LogP contribution in [0.1, 0.15) is 89.4 Å². The maximum absolute atomic E-state index is 11.7. The van der Waals surface area contributed by atoms with E-state index in [2.05, 4.69) is 6.92 Å². The summed E-state index contributed by atoms with van der Waals surface area (Å²) in [5, 5.41) is 0. The minimum absolute atomic E-state index is 0.230. The zero-order valence-corrected chi connectivity index (χ0v) is 17.9. The van der Waals surface area contributed by atoms with Gasteiger partial charge in [-0.2, -0.15) is 0 Å². The zero-order chi connectivity index (χ0) is 20.8. The van der Waals surface area contributed by atoms with Crippen molar-refractivity contribution in [3.63, 3.8) is 0 Å². The number of unbranched alkanes of at least 4 members (excludes halogenated alkanes) is 5. The van der Waals surface area contributed by atoms with E-state index in [-0.39, 0.29) is 5.97 Å². The number of aldehydes is 1. The van der Waals surface area contributed by atoms with E-state index in [1.165, 1.54) is 25.7 Å². The summed E-state index contributed by atoms with van der Waals surface area (Å²) < 4.78 is 16.9. The van der Waals surface area contributed by atoms with E-state index in [1.54, 1.807) is 18.2 Å². The molecule has 5 nitrogen and oxygen atoms in total. The number of hydrogen-bond acceptors (Lipinski definition) is 5. The molecular weight excluding hydrogens is 356 g/mol. The van der Waals surface area contributed by atoms with Gasteiger partial charge in [-0.15, -0.1) is 0 Å². The summed E-state index contributed by atoms with van der Waals surface area (Å²) in [5.41, 5.74) is 0.0826. The van der Waals surface area contributed by atoms with Crippen molar-refractivity contribution in [3.8, 4) is 11.5 Å². The molecule has 0 aromatic heterocycles. The standard InChI is InChI=1S/C23H36O5/c1-5-6-7-8-9-10-15-27-21-17-19(18-24)13-14-20(21)26-16-11-12-22(25)28-23(2,3)4/h13-14,17-18H,5-12,15-16H2,1-4H3. The van der Waals surface area contributed by atoms with Gasteiger partial charge in [-0.3, -0.25) is 9.59 Å². The molecule has 0 saturated carbocycles. The summed E-state index contributed by atoms with van der Waals surface area (Å²) in [5.74, 6) is 0.947. The third-order valence-corrected chi connectivity index (χ3v) is 4.06. The van der Waals surface area contributed by atoms with Crippen molar-refractivity contribution in [1.29, 1.82) is 0 Å². The van der Waals surface area contributed by atoms with E-state index in [0.29, 0.717) is 43.1 Å². The van der Waals surface area contributed by atoms with Crippen LogP contribution >= 0.6 is 0 Å². The summed E-state index contributed by atoms with van der Waals surface area (Å²) in [6, 6.07) is 5.15. The third-order valence-electron chi connectivity index (χ3n) is 4.06. The molecule has 0 aliphatic heterocycles. The Morgan fingerprint density at radius 1 is 0.929 bits per heavy atom. The molecule has 0 aliphatic carbocycles. The average molecular weight is 393 g/mol. The Kier molecular flexibility index (Phi) is 11.3. The molecule has 0 bridgehead atoms. The maximum Gasteiger partial charge on any atom is 0.306 e. The summed E-state index contributed by atoms with van der Waals surface area (Å²) in [7, 11) is 0. The van der Waals surface area contributed by atoms with Gasteiger partial charge in [-0.05, 0) is 51.8 Å². The molecule has 0 fully saturated rings. The van der Waals surface area contributed by atoms with E-state index in [1.807, 2.05) is 20.8 Å². The largest absolute Gasteiger partial charge is 0.490 e. The van der Waals surface area contributed by atoms with Crippen molar-refractivity contribution in [2.75, 3.05) is 13.2 Å². The predicted molar refractivity (Wildman–Crippen MR) is 111 cm³/mol. The van der Waals surface area contributed by atoms with Gasteiger partial charge in [-0.25, -0.2) is 0 Å². The van der Waals surface area contributed by atoms with Gasteiger partial charge in [0.05, 0.1) is 13.2 Å². The fourth-order valence-electron chi connectivity index (χ4n) is 2.69. The molecule has 0 heterocycles. The van der Waals surface area contributed by atoms with Crippen LogP contribution in [0.3, 0.4) is 0 Å². The predicted octanol–water partition coefficient (Wildman–Crippen LogP) is 5.74. The molecule has 1 rings (SSSR count). The number of rotatable bonds is 14. The van der Waals surface area contributed by atoms with E-state index >= 15 is 0 Å². The summed E-state index contributed by atoms with van der Waals surface area (Å²) in [6.07, 6.45) is 8.78. The van der Waals surface area contributed by atoms with Gasteiger partial charge in [0.2, 0.25) is 0 Å². The Hall–Kier alpha value is -2.04. The van der Waals surface area contributed by atoms with Gasteiger partial charge < -0.3 is 14.2 Å². The molecule has 0 N–H and O–H groups in total. The minimum Gasteiger partial charge on any atom is -0.490 e. The Labute approximate surface area is 169 Å². The summed E-state index contributed by atoms with van der Waals surface area (Å²) >= 11 is 0. The second kappa shape index (κ2) is 13.2. The molecule has 1 aromatic rings. The second-order valence-electron chi connectivity index (χ2n) is 7.98. The van der Waals surface area contributed by atoms with Crippen LogP contribution in [0.15, 0.2) is 18.2 Å². The van der Waals surface area contributed by atoms with Crippen LogP contribution in [0.4, 0.5) is 0 Å². The molecule has 0 amide bonds. The van der Waals surface area contributed by atoms with Gasteiger partial charge in [0.15, 0.2) is 11.5 Å². The number of esters is 1. The van der Waals surface area contributed by atoms with Crippen molar-refractivity contribution in [2.24, 2.45) is 0 Å². The molecule has 5 heteroatoms. The SMILES string of the molecule is CCCCCCCCOc1cc(C=O)ccc1OCCCC(=O)OC(C)(C)C. The minimum atomic E-state index is -0.472. The van der Waals surface area contributed by atoms with Crippen molar-refractivity contribution in [1.82, 2.24) is 0 Å². The lowest BCUT2D eigenvalue weighted by atomic mass is 10.1. The van der Waals surface area contributed by atoms with E-state index < -0.39 is 5.60 Å².